The van der Waals surface area contributed by atoms with Gasteiger partial charge in [0.05, 0.1) is 0 Å². The largest absolute Gasteiger partial charge is 0.311 e. The van der Waals surface area contributed by atoms with Crippen LogP contribution in [0.2, 0.25) is 0 Å². The van der Waals surface area contributed by atoms with E-state index < -0.39 is 0 Å². The van der Waals surface area contributed by atoms with Crippen LogP contribution in [0.5, 0.6) is 0 Å². The third-order valence-corrected chi connectivity index (χ3v) is 3.26. The van der Waals surface area contributed by atoms with Crippen LogP contribution in [0.1, 0.15) is 10.4 Å². The van der Waals surface area contributed by atoms with Gasteiger partial charge in [0.1, 0.15) is 5.82 Å². The molecule has 2 aromatic carbocycles. The van der Waals surface area contributed by atoms with Gasteiger partial charge in [0.15, 0.2) is 0 Å². The Hall–Kier alpha value is -1.43. The van der Waals surface area contributed by atoms with Crippen molar-refractivity contribution in [2.24, 2.45) is 0 Å². The summed E-state index contributed by atoms with van der Waals surface area (Å²) in [4.78, 5) is 13.7. The van der Waals surface area contributed by atoms with Gasteiger partial charge in [-0.25, -0.2) is 4.39 Å². The van der Waals surface area contributed by atoms with Crippen molar-refractivity contribution in [1.82, 2.24) is 0 Å². The van der Waals surface area contributed by atoms with Crippen LogP contribution in [0.3, 0.4) is 0 Å². The molecule has 0 saturated heterocycles. The molecule has 0 heterocycles. The van der Waals surface area contributed by atoms with Crippen LogP contribution in [0.15, 0.2) is 48.5 Å². The summed E-state index contributed by atoms with van der Waals surface area (Å²) in [5.41, 5.74) is 1.29. The Bertz CT molecular complexity index is 568. The van der Waals surface area contributed by atoms with Gasteiger partial charge in [-0.05, 0) is 65.1 Å². The molecule has 0 unspecified atom stereocenters. The molecule has 0 radical (unpaired) electrons. The second-order valence-corrected chi connectivity index (χ2v) is 5.10. The monoisotopic (exact) mass is 355 g/mol. The Morgan fingerprint density at radius 3 is 2.44 bits per heavy atom. The number of hydrogen-bond acceptors (Lipinski definition) is 1. The van der Waals surface area contributed by atoms with Crippen molar-refractivity contribution in [3.05, 3.63) is 63.5 Å². The predicted molar refractivity (Wildman–Crippen MR) is 78.3 cm³/mol. The zero-order valence-electron chi connectivity index (χ0n) is 9.73. The van der Waals surface area contributed by atoms with Crippen molar-refractivity contribution in [1.29, 1.82) is 0 Å². The molecule has 0 spiro atoms. The summed E-state index contributed by atoms with van der Waals surface area (Å²) in [7, 11) is 1.68. The van der Waals surface area contributed by atoms with E-state index in [2.05, 4.69) is 22.6 Å². The molecule has 0 N–H and O–H groups in total. The van der Waals surface area contributed by atoms with Gasteiger partial charge in [0.2, 0.25) is 0 Å². The van der Waals surface area contributed by atoms with E-state index in [1.807, 2.05) is 18.2 Å². The average molecular weight is 355 g/mol. The molecule has 92 valence electrons. The molecule has 0 aliphatic carbocycles. The van der Waals surface area contributed by atoms with Gasteiger partial charge < -0.3 is 4.90 Å². The highest BCUT2D eigenvalue weighted by molar-refractivity contribution is 14.1. The van der Waals surface area contributed by atoms with E-state index in [9.17, 15) is 9.18 Å². The van der Waals surface area contributed by atoms with Crippen molar-refractivity contribution >= 4 is 34.2 Å². The highest BCUT2D eigenvalue weighted by atomic mass is 127. The van der Waals surface area contributed by atoms with Gasteiger partial charge in [-0.2, -0.15) is 0 Å². The Morgan fingerprint density at radius 1 is 1.17 bits per heavy atom. The van der Waals surface area contributed by atoms with Crippen LogP contribution in [0, 0.1) is 9.39 Å². The maximum Gasteiger partial charge on any atom is 0.258 e. The molecule has 0 aliphatic rings. The Kier molecular flexibility index (Phi) is 3.96. The number of rotatable bonds is 2. The molecule has 2 nitrogen and oxygen atoms in total. The molecular formula is C14H11FINO. The van der Waals surface area contributed by atoms with Crippen molar-refractivity contribution in [2.45, 2.75) is 0 Å². The SMILES string of the molecule is CN(C(=O)c1cccc(I)c1)c1ccc(F)cc1. The molecule has 0 aliphatic heterocycles. The minimum Gasteiger partial charge on any atom is -0.311 e. The highest BCUT2D eigenvalue weighted by Crippen LogP contribution is 2.17. The van der Waals surface area contributed by atoms with Crippen molar-refractivity contribution in [3.63, 3.8) is 0 Å². The number of benzene rings is 2. The number of nitrogens with zero attached hydrogens (tertiary/aromatic N) is 1. The first-order valence-electron chi connectivity index (χ1n) is 5.37. The van der Waals surface area contributed by atoms with Crippen molar-refractivity contribution in [2.75, 3.05) is 11.9 Å². The molecule has 0 fully saturated rings. The zero-order chi connectivity index (χ0) is 13.1. The fourth-order valence-corrected chi connectivity index (χ4v) is 2.14. The minimum atomic E-state index is -0.311. The topological polar surface area (TPSA) is 20.3 Å². The molecule has 0 aromatic heterocycles. The normalized spacial score (nSPS) is 10.2. The first-order chi connectivity index (χ1) is 8.58. The lowest BCUT2D eigenvalue weighted by molar-refractivity contribution is 0.0993. The van der Waals surface area contributed by atoms with E-state index in [1.165, 1.54) is 17.0 Å². The van der Waals surface area contributed by atoms with Crippen LogP contribution in [-0.4, -0.2) is 13.0 Å². The van der Waals surface area contributed by atoms with Gasteiger partial charge >= 0.3 is 0 Å². The maximum absolute atomic E-state index is 12.8. The van der Waals surface area contributed by atoms with E-state index in [4.69, 9.17) is 0 Å². The summed E-state index contributed by atoms with van der Waals surface area (Å²) in [6, 6.07) is 13.2. The number of carbonyl (C=O) groups excluding carboxylic acids is 1. The number of hydrogen-bond donors (Lipinski definition) is 0. The van der Waals surface area contributed by atoms with Gasteiger partial charge in [-0.1, -0.05) is 6.07 Å². The second kappa shape index (κ2) is 5.48. The summed E-state index contributed by atoms with van der Waals surface area (Å²) in [5.74, 6) is -0.422. The standard InChI is InChI=1S/C14H11FINO/c1-17(13-7-5-11(15)6-8-13)14(18)10-3-2-4-12(16)9-10/h2-9H,1H3. The van der Waals surface area contributed by atoms with Gasteiger partial charge in [-0.3, -0.25) is 4.79 Å². The van der Waals surface area contributed by atoms with E-state index in [0.29, 0.717) is 11.3 Å². The summed E-state index contributed by atoms with van der Waals surface area (Å²) >= 11 is 2.16. The average Bonchev–Trinajstić information content (AvgIpc) is 2.38. The Balaban J connectivity index is 2.26. The number of halogens is 2. The van der Waals surface area contributed by atoms with E-state index >= 15 is 0 Å². The molecule has 18 heavy (non-hydrogen) atoms. The van der Waals surface area contributed by atoms with Gasteiger partial charge in [0, 0.05) is 21.9 Å². The van der Waals surface area contributed by atoms with Gasteiger partial charge in [-0.15, -0.1) is 0 Å². The van der Waals surface area contributed by atoms with Crippen LogP contribution >= 0.6 is 22.6 Å². The van der Waals surface area contributed by atoms with Crippen LogP contribution in [0.25, 0.3) is 0 Å². The molecule has 2 rings (SSSR count). The molecular weight excluding hydrogens is 344 g/mol. The first kappa shape index (κ1) is 13.0. The van der Waals surface area contributed by atoms with E-state index in [0.717, 1.165) is 3.57 Å². The third kappa shape index (κ3) is 2.87. The van der Waals surface area contributed by atoms with Crippen LogP contribution in [-0.2, 0) is 0 Å². The highest BCUT2D eigenvalue weighted by Gasteiger charge is 2.13. The number of amides is 1. The third-order valence-electron chi connectivity index (χ3n) is 2.59. The smallest absolute Gasteiger partial charge is 0.258 e. The molecule has 4 heteroatoms. The maximum atomic E-state index is 12.8. The first-order valence-corrected chi connectivity index (χ1v) is 6.45. The molecule has 0 atom stereocenters. The fraction of sp³-hybridized carbons (Fsp3) is 0.0714. The minimum absolute atomic E-state index is 0.111. The Morgan fingerprint density at radius 2 is 1.83 bits per heavy atom. The second-order valence-electron chi connectivity index (χ2n) is 3.85. The van der Waals surface area contributed by atoms with E-state index in [1.54, 1.807) is 25.2 Å². The summed E-state index contributed by atoms with van der Waals surface area (Å²) in [6.45, 7) is 0. The Labute approximate surface area is 119 Å². The lowest BCUT2D eigenvalue weighted by Gasteiger charge is -2.17. The lowest BCUT2D eigenvalue weighted by Crippen LogP contribution is -2.26. The van der Waals surface area contributed by atoms with Crippen LogP contribution in [0.4, 0.5) is 10.1 Å². The molecule has 2 aromatic rings. The fourth-order valence-electron chi connectivity index (χ4n) is 1.60. The zero-order valence-corrected chi connectivity index (χ0v) is 11.9. The van der Waals surface area contributed by atoms with Crippen LogP contribution < -0.4 is 4.90 Å². The summed E-state index contributed by atoms with van der Waals surface area (Å²) < 4.78 is 13.8. The number of carbonyl (C=O) groups is 1. The summed E-state index contributed by atoms with van der Waals surface area (Å²) in [6.07, 6.45) is 0. The molecule has 1 amide bonds. The number of anilines is 1. The molecule has 0 saturated carbocycles. The van der Waals surface area contributed by atoms with Crippen molar-refractivity contribution in [3.8, 4) is 0 Å². The molecule has 0 bridgehead atoms. The predicted octanol–water partition coefficient (Wildman–Crippen LogP) is 3.71. The summed E-state index contributed by atoms with van der Waals surface area (Å²) in [5, 5.41) is 0. The van der Waals surface area contributed by atoms with Crippen molar-refractivity contribution < 1.29 is 9.18 Å². The quantitative estimate of drug-likeness (QED) is 0.753. The lowest BCUT2D eigenvalue weighted by atomic mass is 10.2. The van der Waals surface area contributed by atoms with E-state index in [-0.39, 0.29) is 11.7 Å². The van der Waals surface area contributed by atoms with Gasteiger partial charge in [0.25, 0.3) is 5.91 Å².